The lowest BCUT2D eigenvalue weighted by atomic mass is 9.66. The van der Waals surface area contributed by atoms with Crippen LogP contribution in [0.1, 0.15) is 45.6 Å². The summed E-state index contributed by atoms with van der Waals surface area (Å²) in [6.07, 6.45) is -4.01. The largest absolute Gasteiger partial charge is 0.439 e. The molecule has 148 valence electrons. The number of hydrazone groups is 1. The second-order valence-electron chi connectivity index (χ2n) is 8.57. The van der Waals surface area contributed by atoms with Crippen molar-refractivity contribution in [3.05, 3.63) is 35.9 Å². The van der Waals surface area contributed by atoms with E-state index >= 15 is 0 Å². The fourth-order valence-corrected chi connectivity index (χ4v) is 4.10. The van der Waals surface area contributed by atoms with Crippen LogP contribution in [0.2, 0.25) is 0 Å². The third-order valence-electron chi connectivity index (χ3n) is 5.79. The van der Waals surface area contributed by atoms with E-state index in [0.717, 1.165) is 0 Å². The highest BCUT2D eigenvalue weighted by molar-refractivity contribution is 5.93. The van der Waals surface area contributed by atoms with Gasteiger partial charge in [-0.3, -0.25) is 4.79 Å². The normalized spacial score (nSPS) is 28.7. The van der Waals surface area contributed by atoms with Crippen LogP contribution in [0.15, 0.2) is 35.4 Å². The highest BCUT2D eigenvalue weighted by atomic mass is 19.4. The molecule has 4 nitrogen and oxygen atoms in total. The molecule has 1 saturated carbocycles. The molecule has 0 saturated heterocycles. The number of amides is 1. The van der Waals surface area contributed by atoms with Crippen LogP contribution in [-0.2, 0) is 11.2 Å². The lowest BCUT2D eigenvalue weighted by Crippen LogP contribution is -2.62. The summed E-state index contributed by atoms with van der Waals surface area (Å²) in [7, 11) is 0. The van der Waals surface area contributed by atoms with E-state index in [9.17, 15) is 23.1 Å². The summed E-state index contributed by atoms with van der Waals surface area (Å²) in [5.74, 6) is -2.05. The Morgan fingerprint density at radius 1 is 1.26 bits per heavy atom. The van der Waals surface area contributed by atoms with Gasteiger partial charge in [0.25, 0.3) is 5.72 Å². The fourth-order valence-electron chi connectivity index (χ4n) is 4.10. The smallest absolute Gasteiger partial charge is 0.362 e. The van der Waals surface area contributed by atoms with Gasteiger partial charge in [0.15, 0.2) is 0 Å². The molecule has 1 aromatic rings. The van der Waals surface area contributed by atoms with Gasteiger partial charge in [0.1, 0.15) is 0 Å². The Labute approximate surface area is 157 Å². The van der Waals surface area contributed by atoms with E-state index in [0.29, 0.717) is 23.4 Å². The highest BCUT2D eigenvalue weighted by Gasteiger charge is 2.69. The van der Waals surface area contributed by atoms with E-state index in [4.69, 9.17) is 0 Å². The molecule has 1 N–H and O–H groups in total. The van der Waals surface area contributed by atoms with E-state index in [2.05, 4.69) is 5.10 Å². The molecule has 1 heterocycles. The van der Waals surface area contributed by atoms with E-state index in [-0.39, 0.29) is 29.9 Å². The zero-order valence-corrected chi connectivity index (χ0v) is 15.8. The molecule has 0 spiro atoms. The third kappa shape index (κ3) is 3.49. The van der Waals surface area contributed by atoms with Crippen molar-refractivity contribution in [2.24, 2.45) is 22.4 Å². The number of hydrogen-bond donors (Lipinski definition) is 1. The van der Waals surface area contributed by atoms with Gasteiger partial charge in [-0.25, -0.2) is 0 Å². The zero-order chi connectivity index (χ0) is 20.0. The van der Waals surface area contributed by atoms with Gasteiger partial charge in [-0.15, -0.1) is 0 Å². The van der Waals surface area contributed by atoms with Crippen molar-refractivity contribution in [1.29, 1.82) is 0 Å². The van der Waals surface area contributed by atoms with Gasteiger partial charge < -0.3 is 5.11 Å². The number of rotatable bonds is 2. The van der Waals surface area contributed by atoms with E-state index in [1.54, 1.807) is 30.3 Å². The van der Waals surface area contributed by atoms with Crippen LogP contribution in [0, 0.1) is 17.3 Å². The van der Waals surface area contributed by atoms with Crippen LogP contribution < -0.4 is 0 Å². The lowest BCUT2D eigenvalue weighted by Gasteiger charge is -2.42. The first-order valence-electron chi connectivity index (χ1n) is 9.18. The van der Waals surface area contributed by atoms with Gasteiger partial charge in [-0.2, -0.15) is 23.3 Å². The maximum Gasteiger partial charge on any atom is 0.439 e. The van der Waals surface area contributed by atoms with Crippen molar-refractivity contribution in [1.82, 2.24) is 5.01 Å². The quantitative estimate of drug-likeness (QED) is 0.836. The Balaban J connectivity index is 1.92. The number of carbonyl (C=O) groups excluding carboxylic acids is 1. The molecule has 0 bridgehead atoms. The molecule has 1 amide bonds. The molecule has 1 fully saturated rings. The average Bonchev–Trinajstić information content (AvgIpc) is 2.89. The van der Waals surface area contributed by atoms with Gasteiger partial charge in [-0.1, -0.05) is 51.1 Å². The highest BCUT2D eigenvalue weighted by Crippen LogP contribution is 2.51. The summed E-state index contributed by atoms with van der Waals surface area (Å²) in [5.41, 5.74) is -2.61. The molecule has 1 aliphatic heterocycles. The van der Waals surface area contributed by atoms with Crippen LogP contribution >= 0.6 is 0 Å². The summed E-state index contributed by atoms with van der Waals surface area (Å²) in [6, 6.07) is 8.51. The summed E-state index contributed by atoms with van der Waals surface area (Å²) in [6.45, 7) is 5.96. The first-order valence-corrected chi connectivity index (χ1v) is 9.18. The summed E-state index contributed by atoms with van der Waals surface area (Å²) in [4.78, 5) is 12.7. The molecule has 1 aliphatic carbocycles. The second-order valence-corrected chi connectivity index (χ2v) is 8.57. The van der Waals surface area contributed by atoms with Crippen LogP contribution in [0.25, 0.3) is 0 Å². The molecule has 27 heavy (non-hydrogen) atoms. The van der Waals surface area contributed by atoms with Gasteiger partial charge >= 0.3 is 6.18 Å². The number of benzene rings is 1. The molecule has 7 heteroatoms. The lowest BCUT2D eigenvalue weighted by molar-refractivity contribution is -0.318. The number of aliphatic hydroxyl groups is 1. The first-order chi connectivity index (χ1) is 12.4. The van der Waals surface area contributed by atoms with Gasteiger partial charge in [0, 0.05) is 5.71 Å². The number of carbonyl (C=O) groups is 1. The minimum absolute atomic E-state index is 0.0134. The minimum atomic E-state index is -4.99. The number of hydrogen-bond acceptors (Lipinski definition) is 3. The Kier molecular flexibility index (Phi) is 4.87. The minimum Gasteiger partial charge on any atom is -0.362 e. The van der Waals surface area contributed by atoms with Gasteiger partial charge in [0.05, 0.1) is 12.3 Å². The average molecular weight is 382 g/mol. The SMILES string of the molecule is CC(C)(C)[C@@H]1CCC2=NN(C(=O)Cc3ccccc3)[C@@](O)(C(F)(F)F)[C@H]2C1. The topological polar surface area (TPSA) is 52.9 Å². The third-order valence-corrected chi connectivity index (χ3v) is 5.79. The van der Waals surface area contributed by atoms with E-state index in [1.165, 1.54) is 0 Å². The first kappa shape index (κ1) is 19.9. The molecule has 2 aliphatic rings. The molecule has 3 rings (SSSR count). The standard InChI is InChI=1S/C20H25F3N2O2/c1-18(2,3)14-9-10-16-15(12-14)19(27,20(21,22)23)25(24-16)17(26)11-13-7-5-4-6-8-13/h4-8,14-15,27H,9-12H2,1-3H3/t14-,15+,19+/m1/s1. The van der Waals surface area contributed by atoms with Crippen molar-refractivity contribution < 1.29 is 23.1 Å². The van der Waals surface area contributed by atoms with Crippen LogP contribution in [0.4, 0.5) is 13.2 Å². The Morgan fingerprint density at radius 3 is 2.44 bits per heavy atom. The number of nitrogens with zero attached hydrogens (tertiary/aromatic N) is 2. The number of halogens is 3. The van der Waals surface area contributed by atoms with Crippen molar-refractivity contribution in [3.8, 4) is 0 Å². The maximum absolute atomic E-state index is 14.0. The van der Waals surface area contributed by atoms with Crippen LogP contribution in [0.3, 0.4) is 0 Å². The number of alkyl halides is 3. The van der Waals surface area contributed by atoms with Crippen LogP contribution in [-0.4, -0.2) is 33.6 Å². The molecular weight excluding hydrogens is 357 g/mol. The Morgan fingerprint density at radius 2 is 1.89 bits per heavy atom. The van der Waals surface area contributed by atoms with Crippen molar-refractivity contribution >= 4 is 11.6 Å². The predicted octanol–water partition coefficient (Wildman–Crippen LogP) is 4.14. The van der Waals surface area contributed by atoms with Crippen molar-refractivity contribution in [2.75, 3.05) is 0 Å². The summed E-state index contributed by atoms with van der Waals surface area (Å²) < 4.78 is 41.9. The molecule has 1 aromatic carbocycles. The van der Waals surface area contributed by atoms with Crippen LogP contribution in [0.5, 0.6) is 0 Å². The van der Waals surface area contributed by atoms with Gasteiger partial charge in [0.2, 0.25) is 5.91 Å². The Hall–Kier alpha value is -1.89. The molecule has 0 unspecified atom stereocenters. The van der Waals surface area contributed by atoms with Gasteiger partial charge in [-0.05, 0) is 36.2 Å². The molecule has 0 aromatic heterocycles. The zero-order valence-electron chi connectivity index (χ0n) is 15.8. The summed E-state index contributed by atoms with van der Waals surface area (Å²) >= 11 is 0. The Bertz CT molecular complexity index is 740. The monoisotopic (exact) mass is 382 g/mol. The summed E-state index contributed by atoms with van der Waals surface area (Å²) in [5, 5.41) is 15.0. The number of fused-ring (bicyclic) bond motifs is 1. The predicted molar refractivity (Wildman–Crippen MR) is 95.7 cm³/mol. The molecule has 0 radical (unpaired) electrons. The van der Waals surface area contributed by atoms with Crippen molar-refractivity contribution in [3.63, 3.8) is 0 Å². The van der Waals surface area contributed by atoms with Crippen molar-refractivity contribution in [2.45, 2.75) is 58.4 Å². The maximum atomic E-state index is 14.0. The van der Waals surface area contributed by atoms with E-state index < -0.39 is 23.7 Å². The second kappa shape index (κ2) is 6.62. The molecular formula is C20H25F3N2O2. The fraction of sp³-hybridized carbons (Fsp3) is 0.600. The molecule has 3 atom stereocenters. The van der Waals surface area contributed by atoms with E-state index in [1.807, 2.05) is 20.8 Å².